The highest BCUT2D eigenvalue weighted by Crippen LogP contribution is 2.16. The number of aldehydes is 1. The van der Waals surface area contributed by atoms with Crippen molar-refractivity contribution in [3.05, 3.63) is 0 Å². The number of piperidine rings is 1. The quantitative estimate of drug-likeness (QED) is 0.482. The summed E-state index contributed by atoms with van der Waals surface area (Å²) >= 11 is 0. The zero-order chi connectivity index (χ0) is 10.2. The van der Waals surface area contributed by atoms with Gasteiger partial charge in [-0.1, -0.05) is 32.6 Å². The molecule has 1 rings (SSSR count). The molecular weight excluding hydrogens is 174 g/mol. The van der Waals surface area contributed by atoms with Crippen LogP contribution in [0.1, 0.15) is 51.9 Å². The first-order chi connectivity index (χ1) is 6.88. The van der Waals surface area contributed by atoms with Gasteiger partial charge in [-0.3, -0.25) is 4.90 Å². The first-order valence-electron chi connectivity index (χ1n) is 6.08. The Morgan fingerprint density at radius 3 is 2.86 bits per heavy atom. The lowest BCUT2D eigenvalue weighted by Gasteiger charge is -2.32. The maximum Gasteiger partial charge on any atom is 0.137 e. The molecule has 0 aromatic heterocycles. The number of carbonyl (C=O) groups excluding carboxylic acids is 1. The maximum absolute atomic E-state index is 10.8. The zero-order valence-corrected chi connectivity index (χ0v) is 9.37. The third-order valence-electron chi connectivity index (χ3n) is 3.12. The summed E-state index contributed by atoms with van der Waals surface area (Å²) in [6.07, 6.45) is 9.93. The van der Waals surface area contributed by atoms with Crippen LogP contribution in [0.15, 0.2) is 0 Å². The molecule has 1 aliphatic rings. The second-order valence-electron chi connectivity index (χ2n) is 4.30. The van der Waals surface area contributed by atoms with Crippen molar-refractivity contribution in [3.63, 3.8) is 0 Å². The average Bonchev–Trinajstić information content (AvgIpc) is 2.25. The molecule has 0 spiro atoms. The largest absolute Gasteiger partial charge is 0.302 e. The monoisotopic (exact) mass is 197 g/mol. The topological polar surface area (TPSA) is 20.3 Å². The van der Waals surface area contributed by atoms with E-state index in [0.29, 0.717) is 0 Å². The van der Waals surface area contributed by atoms with Crippen LogP contribution in [0.25, 0.3) is 0 Å². The summed E-state index contributed by atoms with van der Waals surface area (Å²) in [7, 11) is 0. The SMILES string of the molecule is CCCCCCN1CCCCC1C=O. The molecule has 1 heterocycles. The van der Waals surface area contributed by atoms with Crippen LogP contribution in [0, 0.1) is 0 Å². The van der Waals surface area contributed by atoms with Crippen molar-refractivity contribution in [1.29, 1.82) is 0 Å². The molecule has 1 aliphatic heterocycles. The summed E-state index contributed by atoms with van der Waals surface area (Å²) in [5, 5.41) is 0. The molecule has 1 atom stereocenters. The smallest absolute Gasteiger partial charge is 0.137 e. The molecule has 14 heavy (non-hydrogen) atoms. The van der Waals surface area contributed by atoms with Crippen LogP contribution in [0.3, 0.4) is 0 Å². The molecule has 1 unspecified atom stereocenters. The fourth-order valence-electron chi connectivity index (χ4n) is 2.19. The van der Waals surface area contributed by atoms with E-state index in [1.165, 1.54) is 38.5 Å². The minimum atomic E-state index is 0.227. The van der Waals surface area contributed by atoms with Gasteiger partial charge in [-0.15, -0.1) is 0 Å². The first-order valence-corrected chi connectivity index (χ1v) is 6.08. The van der Waals surface area contributed by atoms with E-state index in [1.807, 2.05) is 0 Å². The van der Waals surface area contributed by atoms with Gasteiger partial charge in [0.05, 0.1) is 6.04 Å². The lowest BCUT2D eigenvalue weighted by atomic mass is 10.0. The Labute approximate surface area is 87.7 Å². The third kappa shape index (κ3) is 3.79. The van der Waals surface area contributed by atoms with E-state index in [1.54, 1.807) is 0 Å². The van der Waals surface area contributed by atoms with Crippen LogP contribution < -0.4 is 0 Å². The van der Waals surface area contributed by atoms with Gasteiger partial charge in [0.2, 0.25) is 0 Å². The van der Waals surface area contributed by atoms with Crippen molar-refractivity contribution >= 4 is 6.29 Å². The van der Waals surface area contributed by atoms with Gasteiger partial charge in [0, 0.05) is 0 Å². The Hall–Kier alpha value is -0.370. The predicted molar refractivity (Wildman–Crippen MR) is 59.4 cm³/mol. The van der Waals surface area contributed by atoms with E-state index in [2.05, 4.69) is 11.8 Å². The number of nitrogens with zero attached hydrogens (tertiary/aromatic N) is 1. The van der Waals surface area contributed by atoms with Crippen LogP contribution >= 0.6 is 0 Å². The lowest BCUT2D eigenvalue weighted by molar-refractivity contribution is -0.113. The second kappa shape index (κ2) is 6.99. The summed E-state index contributed by atoms with van der Waals surface area (Å²) < 4.78 is 0. The standard InChI is InChI=1S/C12H23NO/c1-2-3-4-6-9-13-10-7-5-8-12(13)11-14/h11-12H,2-10H2,1H3. The zero-order valence-electron chi connectivity index (χ0n) is 9.37. The summed E-state index contributed by atoms with van der Waals surface area (Å²) in [6, 6.07) is 0.227. The highest BCUT2D eigenvalue weighted by molar-refractivity contribution is 5.57. The molecule has 0 bridgehead atoms. The van der Waals surface area contributed by atoms with Crippen molar-refractivity contribution in [2.45, 2.75) is 57.9 Å². The van der Waals surface area contributed by atoms with Crippen molar-refractivity contribution in [2.24, 2.45) is 0 Å². The van der Waals surface area contributed by atoms with Crippen LogP contribution in [0.5, 0.6) is 0 Å². The molecular formula is C12H23NO. The summed E-state index contributed by atoms with van der Waals surface area (Å²) in [5.74, 6) is 0. The van der Waals surface area contributed by atoms with Crippen molar-refractivity contribution in [2.75, 3.05) is 13.1 Å². The Morgan fingerprint density at radius 2 is 2.14 bits per heavy atom. The van der Waals surface area contributed by atoms with Crippen molar-refractivity contribution < 1.29 is 4.79 Å². The molecule has 0 amide bonds. The highest BCUT2D eigenvalue weighted by atomic mass is 16.1. The van der Waals surface area contributed by atoms with Crippen LogP contribution in [0.4, 0.5) is 0 Å². The molecule has 1 fully saturated rings. The average molecular weight is 197 g/mol. The fourth-order valence-corrected chi connectivity index (χ4v) is 2.19. The Bertz CT molecular complexity index is 158. The molecule has 2 nitrogen and oxygen atoms in total. The van der Waals surface area contributed by atoms with Gasteiger partial charge in [0.1, 0.15) is 6.29 Å². The second-order valence-corrected chi connectivity index (χ2v) is 4.30. The van der Waals surface area contributed by atoms with Crippen LogP contribution in [0.2, 0.25) is 0 Å². The van der Waals surface area contributed by atoms with Gasteiger partial charge in [0.15, 0.2) is 0 Å². The number of likely N-dealkylation sites (tertiary alicyclic amines) is 1. The van der Waals surface area contributed by atoms with Crippen LogP contribution in [-0.4, -0.2) is 30.3 Å². The van der Waals surface area contributed by atoms with Crippen molar-refractivity contribution in [1.82, 2.24) is 4.90 Å². The van der Waals surface area contributed by atoms with Crippen molar-refractivity contribution in [3.8, 4) is 0 Å². The van der Waals surface area contributed by atoms with Gasteiger partial charge >= 0.3 is 0 Å². The summed E-state index contributed by atoms with van der Waals surface area (Å²) in [4.78, 5) is 13.2. The van der Waals surface area contributed by atoms with E-state index in [4.69, 9.17) is 0 Å². The summed E-state index contributed by atoms with van der Waals surface area (Å²) in [6.45, 7) is 4.49. The van der Waals surface area contributed by atoms with E-state index < -0.39 is 0 Å². The van der Waals surface area contributed by atoms with Gasteiger partial charge in [-0.2, -0.15) is 0 Å². The molecule has 0 aliphatic carbocycles. The molecule has 82 valence electrons. The Kier molecular flexibility index (Phi) is 5.85. The molecule has 0 radical (unpaired) electrons. The maximum atomic E-state index is 10.8. The fraction of sp³-hybridized carbons (Fsp3) is 0.917. The van der Waals surface area contributed by atoms with E-state index >= 15 is 0 Å². The Morgan fingerprint density at radius 1 is 1.29 bits per heavy atom. The van der Waals surface area contributed by atoms with Gasteiger partial charge in [-0.05, 0) is 32.4 Å². The molecule has 0 N–H and O–H groups in total. The van der Waals surface area contributed by atoms with E-state index in [9.17, 15) is 4.79 Å². The number of hydrogen-bond donors (Lipinski definition) is 0. The molecule has 0 saturated carbocycles. The minimum absolute atomic E-state index is 0.227. The third-order valence-corrected chi connectivity index (χ3v) is 3.12. The number of unbranched alkanes of at least 4 members (excludes halogenated alkanes) is 3. The highest BCUT2D eigenvalue weighted by Gasteiger charge is 2.20. The van der Waals surface area contributed by atoms with E-state index in [0.717, 1.165) is 25.8 Å². The van der Waals surface area contributed by atoms with Crippen LogP contribution in [-0.2, 0) is 4.79 Å². The number of carbonyl (C=O) groups is 1. The van der Waals surface area contributed by atoms with E-state index in [-0.39, 0.29) is 6.04 Å². The molecule has 0 aromatic rings. The first kappa shape index (κ1) is 11.7. The normalized spacial score (nSPS) is 23.6. The Balaban J connectivity index is 2.16. The molecule has 0 aromatic carbocycles. The molecule has 1 saturated heterocycles. The number of rotatable bonds is 6. The number of hydrogen-bond acceptors (Lipinski definition) is 2. The van der Waals surface area contributed by atoms with Gasteiger partial charge in [0.25, 0.3) is 0 Å². The van der Waals surface area contributed by atoms with Gasteiger partial charge < -0.3 is 4.79 Å². The minimum Gasteiger partial charge on any atom is -0.302 e. The predicted octanol–water partition coefficient (Wildman–Crippen LogP) is 2.62. The molecule has 2 heteroatoms. The summed E-state index contributed by atoms with van der Waals surface area (Å²) in [5.41, 5.74) is 0. The lowest BCUT2D eigenvalue weighted by Crippen LogP contribution is -2.40. The van der Waals surface area contributed by atoms with Gasteiger partial charge in [-0.25, -0.2) is 0 Å².